The van der Waals surface area contributed by atoms with E-state index in [0.29, 0.717) is 43.4 Å². The van der Waals surface area contributed by atoms with E-state index in [4.69, 9.17) is 9.84 Å². The van der Waals surface area contributed by atoms with Gasteiger partial charge in [-0.15, -0.1) is 0 Å². The van der Waals surface area contributed by atoms with E-state index in [1.807, 2.05) is 58.0 Å². The first kappa shape index (κ1) is 27.8. The van der Waals surface area contributed by atoms with Crippen LogP contribution in [0, 0.1) is 11.3 Å². The minimum absolute atomic E-state index is 0.0123. The van der Waals surface area contributed by atoms with Gasteiger partial charge in [-0.25, -0.2) is 0 Å². The standard InChI is InChI=1S/C29H34F3N5O3/c1-18-22(26(38)33-16-29(30,31)32)6-8-25-28(18,2)17-37(34-25)15-19-9-11-36(12-10-19)27(39)24-14-20-13-21(40-4)5-7-23(20)35(24)3/h5-8,13-14,19H,9-12,15-17H2,1-4H3,(H,33,38). The van der Waals surface area contributed by atoms with E-state index in [1.54, 1.807) is 26.2 Å². The molecule has 8 nitrogen and oxygen atoms in total. The van der Waals surface area contributed by atoms with E-state index < -0.39 is 24.0 Å². The number of benzene rings is 1. The average Bonchev–Trinajstić information content (AvgIpc) is 3.43. The number of hydrazone groups is 1. The van der Waals surface area contributed by atoms with E-state index in [-0.39, 0.29) is 11.5 Å². The molecule has 1 aromatic heterocycles. The Bertz CT molecular complexity index is 1430. The van der Waals surface area contributed by atoms with Crippen LogP contribution < -0.4 is 10.1 Å². The predicted octanol–water partition coefficient (Wildman–Crippen LogP) is 4.28. The molecule has 11 heteroatoms. The van der Waals surface area contributed by atoms with Crippen molar-refractivity contribution in [2.45, 2.75) is 32.9 Å². The van der Waals surface area contributed by atoms with Gasteiger partial charge in [0.05, 0.1) is 24.8 Å². The first-order chi connectivity index (χ1) is 18.9. The first-order valence-electron chi connectivity index (χ1n) is 13.4. The molecule has 2 aromatic rings. The number of aromatic nitrogens is 1. The number of hydrogen-bond acceptors (Lipinski definition) is 5. The van der Waals surface area contributed by atoms with Crippen LogP contribution in [0.4, 0.5) is 13.2 Å². The normalized spacial score (nSPS) is 21.6. The van der Waals surface area contributed by atoms with Gasteiger partial charge >= 0.3 is 6.18 Å². The summed E-state index contributed by atoms with van der Waals surface area (Å²) in [5, 5.41) is 9.71. The minimum atomic E-state index is -4.47. The summed E-state index contributed by atoms with van der Waals surface area (Å²) in [4.78, 5) is 27.7. The van der Waals surface area contributed by atoms with Crippen molar-refractivity contribution < 1.29 is 27.5 Å². The number of hydrogen-bond donors (Lipinski definition) is 1. The molecule has 1 N–H and O–H groups in total. The number of carbonyl (C=O) groups excluding carboxylic acids is 2. The van der Waals surface area contributed by atoms with Gasteiger partial charge in [-0.3, -0.25) is 14.6 Å². The molecule has 1 aromatic carbocycles. The van der Waals surface area contributed by atoms with Gasteiger partial charge in [0, 0.05) is 43.2 Å². The highest BCUT2D eigenvalue weighted by Gasteiger charge is 2.43. The zero-order valence-electron chi connectivity index (χ0n) is 23.1. The molecule has 0 radical (unpaired) electrons. The van der Waals surface area contributed by atoms with E-state index in [1.165, 1.54) is 0 Å². The molecule has 3 aliphatic rings. The first-order valence-corrected chi connectivity index (χ1v) is 13.4. The number of nitrogens with one attached hydrogen (secondary N) is 1. The van der Waals surface area contributed by atoms with E-state index in [2.05, 4.69) is 0 Å². The van der Waals surface area contributed by atoms with Crippen LogP contribution in [0.2, 0.25) is 0 Å². The number of halogens is 3. The van der Waals surface area contributed by atoms with Gasteiger partial charge in [-0.05, 0) is 74.6 Å². The highest BCUT2D eigenvalue weighted by molar-refractivity contribution is 6.09. The van der Waals surface area contributed by atoms with Crippen molar-refractivity contribution in [2.24, 2.45) is 23.5 Å². The Balaban J connectivity index is 1.19. The summed E-state index contributed by atoms with van der Waals surface area (Å²) in [6, 6.07) is 7.68. The lowest BCUT2D eigenvalue weighted by atomic mass is 9.73. The highest BCUT2D eigenvalue weighted by Crippen LogP contribution is 2.41. The van der Waals surface area contributed by atoms with Crippen LogP contribution >= 0.6 is 0 Å². The third-order valence-electron chi connectivity index (χ3n) is 8.49. The van der Waals surface area contributed by atoms with Crippen molar-refractivity contribution in [3.8, 4) is 5.75 Å². The SMILES string of the molecule is COc1ccc2c(c1)cc(C(=O)N1CCC(CN3CC4(C)C(=N3)C=CC(C(=O)NCC(F)(F)F)=C4C)CC1)n2C. The van der Waals surface area contributed by atoms with Crippen molar-refractivity contribution in [3.05, 3.63) is 53.3 Å². The fraction of sp³-hybridized carbons (Fsp3) is 0.483. The largest absolute Gasteiger partial charge is 0.497 e. The molecule has 5 rings (SSSR count). The topological polar surface area (TPSA) is 79.2 Å². The van der Waals surface area contributed by atoms with Crippen LogP contribution in [0.1, 0.15) is 37.2 Å². The van der Waals surface area contributed by atoms with Crippen molar-refractivity contribution in [2.75, 3.05) is 39.8 Å². The van der Waals surface area contributed by atoms with E-state index >= 15 is 0 Å². The van der Waals surface area contributed by atoms with Crippen LogP contribution in [-0.2, 0) is 11.8 Å². The maximum absolute atomic E-state index is 13.4. The monoisotopic (exact) mass is 557 g/mol. The molecule has 1 saturated heterocycles. The van der Waals surface area contributed by atoms with Crippen molar-refractivity contribution in [1.82, 2.24) is 19.8 Å². The summed E-state index contributed by atoms with van der Waals surface area (Å²) in [5.41, 5.74) is 2.84. The molecule has 0 saturated carbocycles. The number of methoxy groups -OCH3 is 1. The Morgan fingerprint density at radius 2 is 1.90 bits per heavy atom. The molecule has 3 heterocycles. The molecule has 1 fully saturated rings. The summed E-state index contributed by atoms with van der Waals surface area (Å²) in [6.07, 6.45) is 0.510. The van der Waals surface area contributed by atoms with Crippen LogP contribution in [0.3, 0.4) is 0 Å². The lowest BCUT2D eigenvalue weighted by Crippen LogP contribution is -2.42. The summed E-state index contributed by atoms with van der Waals surface area (Å²) in [6.45, 7) is 4.97. The molecular formula is C29H34F3N5O3. The van der Waals surface area contributed by atoms with Crippen molar-refractivity contribution >= 4 is 28.4 Å². The third kappa shape index (κ3) is 5.21. The molecule has 1 aliphatic carbocycles. The van der Waals surface area contributed by atoms with Gasteiger partial charge in [0.15, 0.2) is 0 Å². The molecule has 1 atom stereocenters. The maximum Gasteiger partial charge on any atom is 0.405 e. The van der Waals surface area contributed by atoms with Crippen LogP contribution in [-0.4, -0.2) is 78.0 Å². The summed E-state index contributed by atoms with van der Waals surface area (Å²) < 4.78 is 45.0. The molecular weight excluding hydrogens is 523 g/mol. The van der Waals surface area contributed by atoms with Crippen molar-refractivity contribution in [1.29, 1.82) is 0 Å². The summed E-state index contributed by atoms with van der Waals surface area (Å²) in [5.74, 6) is 0.376. The predicted molar refractivity (Wildman–Crippen MR) is 146 cm³/mol. The molecule has 1 unspecified atom stereocenters. The Labute approximate surface area is 231 Å². The molecule has 0 bridgehead atoms. The van der Waals surface area contributed by atoms with Crippen molar-refractivity contribution in [3.63, 3.8) is 0 Å². The number of ether oxygens (including phenoxy) is 1. The van der Waals surface area contributed by atoms with Gasteiger partial charge in [-0.2, -0.15) is 18.3 Å². The molecule has 0 spiro atoms. The Morgan fingerprint density at radius 3 is 2.58 bits per heavy atom. The smallest absolute Gasteiger partial charge is 0.405 e. The summed E-state index contributed by atoms with van der Waals surface area (Å²) >= 11 is 0. The number of piperidine rings is 1. The number of allylic oxidation sites excluding steroid dienone is 1. The fourth-order valence-corrected chi connectivity index (χ4v) is 5.92. The van der Waals surface area contributed by atoms with Gasteiger partial charge in [0.2, 0.25) is 0 Å². The van der Waals surface area contributed by atoms with Gasteiger partial charge in [0.1, 0.15) is 18.0 Å². The zero-order valence-corrected chi connectivity index (χ0v) is 23.1. The Morgan fingerprint density at radius 1 is 1.18 bits per heavy atom. The molecule has 40 heavy (non-hydrogen) atoms. The lowest BCUT2D eigenvalue weighted by molar-refractivity contribution is -0.136. The molecule has 214 valence electrons. The second-order valence-corrected chi connectivity index (χ2v) is 11.1. The third-order valence-corrected chi connectivity index (χ3v) is 8.49. The maximum atomic E-state index is 13.4. The quantitative estimate of drug-likeness (QED) is 0.575. The number of alkyl halides is 3. The number of nitrogens with zero attached hydrogens (tertiary/aromatic N) is 4. The fourth-order valence-electron chi connectivity index (χ4n) is 5.92. The van der Waals surface area contributed by atoms with Gasteiger partial charge in [-0.1, -0.05) is 0 Å². The van der Waals surface area contributed by atoms with Crippen LogP contribution in [0.5, 0.6) is 5.75 Å². The van der Waals surface area contributed by atoms with E-state index in [9.17, 15) is 22.8 Å². The van der Waals surface area contributed by atoms with Gasteiger partial charge < -0.3 is 19.5 Å². The lowest BCUT2D eigenvalue weighted by Gasteiger charge is -2.35. The second-order valence-electron chi connectivity index (χ2n) is 11.1. The molecule has 2 amide bonds. The number of amides is 2. The Kier molecular flexibility index (Phi) is 7.18. The number of carbonyl (C=O) groups is 2. The number of likely N-dealkylation sites (tertiary alicyclic amines) is 1. The summed E-state index contributed by atoms with van der Waals surface area (Å²) in [7, 11) is 3.52. The van der Waals surface area contributed by atoms with E-state index in [0.717, 1.165) is 35.2 Å². The minimum Gasteiger partial charge on any atom is -0.497 e. The molecule has 2 aliphatic heterocycles. The van der Waals surface area contributed by atoms with Crippen LogP contribution in [0.25, 0.3) is 10.9 Å². The number of aryl methyl sites for hydroxylation is 1. The zero-order chi connectivity index (χ0) is 28.8. The highest BCUT2D eigenvalue weighted by atomic mass is 19.4. The van der Waals surface area contributed by atoms with Crippen LogP contribution in [0.15, 0.2) is 52.7 Å². The Hall–Kier alpha value is -3.76. The number of fused-ring (bicyclic) bond motifs is 2. The number of rotatable bonds is 6. The second kappa shape index (κ2) is 10.3. The average molecular weight is 558 g/mol. The van der Waals surface area contributed by atoms with Gasteiger partial charge in [0.25, 0.3) is 11.8 Å².